The van der Waals surface area contributed by atoms with Crippen molar-refractivity contribution in [3.8, 4) is 5.75 Å². The summed E-state index contributed by atoms with van der Waals surface area (Å²) in [6.07, 6.45) is -0.282. The van der Waals surface area contributed by atoms with Gasteiger partial charge in [-0.25, -0.2) is 0 Å². The van der Waals surface area contributed by atoms with E-state index in [0.717, 1.165) is 5.75 Å². The van der Waals surface area contributed by atoms with Gasteiger partial charge >= 0.3 is 0 Å². The molecule has 90 valence electrons. The third kappa shape index (κ3) is 4.64. The van der Waals surface area contributed by atoms with Gasteiger partial charge in [0.05, 0.1) is 0 Å². The molecule has 0 aliphatic rings. The number of benzene rings is 1. The maximum atomic E-state index is 5.60. The third-order valence-corrected chi connectivity index (χ3v) is 2.08. The summed E-state index contributed by atoms with van der Waals surface area (Å²) in [6, 6.07) is 7.94. The molecule has 0 fully saturated rings. The van der Waals surface area contributed by atoms with E-state index < -0.39 is 0 Å². The van der Waals surface area contributed by atoms with Crippen molar-refractivity contribution >= 4 is 0 Å². The fourth-order valence-corrected chi connectivity index (χ4v) is 1.39. The predicted molar refractivity (Wildman–Crippen MR) is 63.7 cm³/mol. The largest absolute Gasteiger partial charge is 0.488 e. The summed E-state index contributed by atoms with van der Waals surface area (Å²) in [5.41, 5.74) is 1.18. The van der Waals surface area contributed by atoms with Gasteiger partial charge in [0, 0.05) is 13.2 Å². The van der Waals surface area contributed by atoms with Crippen molar-refractivity contribution in [2.45, 2.75) is 27.1 Å². The van der Waals surface area contributed by atoms with Crippen LogP contribution in [-0.2, 0) is 9.47 Å². The van der Waals surface area contributed by atoms with Gasteiger partial charge < -0.3 is 14.2 Å². The molecule has 0 atom stereocenters. The molecule has 0 aromatic heterocycles. The number of aryl methyl sites for hydroxylation is 1. The van der Waals surface area contributed by atoms with Crippen molar-refractivity contribution in [2.75, 3.05) is 19.8 Å². The van der Waals surface area contributed by atoms with Crippen molar-refractivity contribution < 1.29 is 14.2 Å². The molecule has 0 aliphatic heterocycles. The second kappa shape index (κ2) is 7.25. The SMILES string of the molecule is CCOC(COc1cccc(C)c1)OCC. The molecular weight excluding hydrogens is 204 g/mol. The van der Waals surface area contributed by atoms with E-state index in [1.165, 1.54) is 5.56 Å². The smallest absolute Gasteiger partial charge is 0.191 e. The van der Waals surface area contributed by atoms with Gasteiger partial charge in [0.2, 0.25) is 0 Å². The molecule has 0 heterocycles. The lowest BCUT2D eigenvalue weighted by molar-refractivity contribution is -0.152. The van der Waals surface area contributed by atoms with Gasteiger partial charge in [-0.1, -0.05) is 12.1 Å². The minimum atomic E-state index is -0.282. The summed E-state index contributed by atoms with van der Waals surface area (Å²) in [5.74, 6) is 0.851. The molecule has 16 heavy (non-hydrogen) atoms. The van der Waals surface area contributed by atoms with Gasteiger partial charge in [-0.2, -0.15) is 0 Å². The molecule has 0 saturated heterocycles. The first-order valence-electron chi connectivity index (χ1n) is 5.69. The van der Waals surface area contributed by atoms with Crippen LogP contribution in [0.5, 0.6) is 5.75 Å². The lowest BCUT2D eigenvalue weighted by Crippen LogP contribution is -2.25. The highest BCUT2D eigenvalue weighted by molar-refractivity contribution is 5.27. The Hall–Kier alpha value is -1.06. The number of hydrogen-bond acceptors (Lipinski definition) is 3. The van der Waals surface area contributed by atoms with Crippen LogP contribution in [0.25, 0.3) is 0 Å². The fourth-order valence-electron chi connectivity index (χ4n) is 1.39. The first kappa shape index (κ1) is 13.0. The molecule has 0 aliphatic carbocycles. The standard InChI is InChI=1S/C13H20O3/c1-4-14-13(15-5-2)10-16-12-8-6-7-11(3)9-12/h6-9,13H,4-5,10H2,1-3H3. The van der Waals surface area contributed by atoms with E-state index >= 15 is 0 Å². The van der Waals surface area contributed by atoms with Crippen LogP contribution in [0.4, 0.5) is 0 Å². The fraction of sp³-hybridized carbons (Fsp3) is 0.538. The van der Waals surface area contributed by atoms with E-state index in [1.54, 1.807) is 0 Å². The van der Waals surface area contributed by atoms with Crippen LogP contribution in [0.15, 0.2) is 24.3 Å². The van der Waals surface area contributed by atoms with E-state index in [0.29, 0.717) is 19.8 Å². The predicted octanol–water partition coefficient (Wildman–Crippen LogP) is 2.77. The topological polar surface area (TPSA) is 27.7 Å². The summed E-state index contributed by atoms with van der Waals surface area (Å²) in [7, 11) is 0. The van der Waals surface area contributed by atoms with Gasteiger partial charge in [0.1, 0.15) is 12.4 Å². The van der Waals surface area contributed by atoms with Gasteiger partial charge in [-0.05, 0) is 38.5 Å². The van der Waals surface area contributed by atoms with E-state index in [4.69, 9.17) is 14.2 Å². The van der Waals surface area contributed by atoms with Crippen molar-refractivity contribution in [3.63, 3.8) is 0 Å². The normalized spacial score (nSPS) is 10.8. The molecule has 0 saturated carbocycles. The highest BCUT2D eigenvalue weighted by Gasteiger charge is 2.08. The molecule has 3 heteroatoms. The van der Waals surface area contributed by atoms with E-state index in [1.807, 2.05) is 45.0 Å². The van der Waals surface area contributed by atoms with Crippen molar-refractivity contribution in [1.82, 2.24) is 0 Å². The van der Waals surface area contributed by atoms with Gasteiger partial charge in [-0.15, -0.1) is 0 Å². The van der Waals surface area contributed by atoms with Gasteiger partial charge in [0.25, 0.3) is 0 Å². The Balaban J connectivity index is 2.41. The highest BCUT2D eigenvalue weighted by Crippen LogP contribution is 2.13. The average Bonchev–Trinajstić information content (AvgIpc) is 2.27. The first-order chi connectivity index (χ1) is 7.76. The Bertz CT molecular complexity index is 293. The van der Waals surface area contributed by atoms with Gasteiger partial charge in [-0.3, -0.25) is 0 Å². The average molecular weight is 224 g/mol. The minimum absolute atomic E-state index is 0.282. The van der Waals surface area contributed by atoms with E-state index in [9.17, 15) is 0 Å². The summed E-state index contributed by atoms with van der Waals surface area (Å²) < 4.78 is 16.4. The zero-order chi connectivity index (χ0) is 11.8. The summed E-state index contributed by atoms with van der Waals surface area (Å²) in [6.45, 7) is 7.60. The number of rotatable bonds is 7. The zero-order valence-corrected chi connectivity index (χ0v) is 10.2. The third-order valence-electron chi connectivity index (χ3n) is 2.08. The number of ether oxygens (including phenoxy) is 3. The minimum Gasteiger partial charge on any atom is -0.488 e. The molecule has 0 spiro atoms. The van der Waals surface area contributed by atoms with E-state index in [-0.39, 0.29) is 6.29 Å². The lowest BCUT2D eigenvalue weighted by Gasteiger charge is -2.17. The lowest BCUT2D eigenvalue weighted by atomic mass is 10.2. The number of hydrogen-bond donors (Lipinski definition) is 0. The molecule has 3 nitrogen and oxygen atoms in total. The van der Waals surface area contributed by atoms with Crippen molar-refractivity contribution in [1.29, 1.82) is 0 Å². The van der Waals surface area contributed by atoms with Crippen LogP contribution >= 0.6 is 0 Å². The molecule has 1 aromatic carbocycles. The van der Waals surface area contributed by atoms with Crippen molar-refractivity contribution in [2.24, 2.45) is 0 Å². The Morgan fingerprint density at radius 2 is 1.81 bits per heavy atom. The second-order valence-corrected chi connectivity index (χ2v) is 3.47. The summed E-state index contributed by atoms with van der Waals surface area (Å²) >= 11 is 0. The second-order valence-electron chi connectivity index (χ2n) is 3.47. The van der Waals surface area contributed by atoms with Crippen LogP contribution in [0, 0.1) is 6.92 Å². The van der Waals surface area contributed by atoms with Crippen LogP contribution in [0.2, 0.25) is 0 Å². The molecule has 0 N–H and O–H groups in total. The monoisotopic (exact) mass is 224 g/mol. The molecule has 0 amide bonds. The van der Waals surface area contributed by atoms with E-state index in [2.05, 4.69) is 0 Å². The molecule has 0 unspecified atom stereocenters. The maximum absolute atomic E-state index is 5.60. The maximum Gasteiger partial charge on any atom is 0.191 e. The Kier molecular flexibility index (Phi) is 5.90. The van der Waals surface area contributed by atoms with Gasteiger partial charge in [0.15, 0.2) is 6.29 Å². The first-order valence-corrected chi connectivity index (χ1v) is 5.69. The Morgan fingerprint density at radius 3 is 2.38 bits per heavy atom. The highest BCUT2D eigenvalue weighted by atomic mass is 16.7. The molecular formula is C13H20O3. The molecule has 0 radical (unpaired) electrons. The Morgan fingerprint density at radius 1 is 1.12 bits per heavy atom. The van der Waals surface area contributed by atoms with Crippen LogP contribution in [-0.4, -0.2) is 26.1 Å². The quantitative estimate of drug-likeness (QED) is 0.666. The van der Waals surface area contributed by atoms with Crippen LogP contribution in [0.3, 0.4) is 0 Å². The molecule has 0 bridgehead atoms. The summed E-state index contributed by atoms with van der Waals surface area (Å²) in [5, 5.41) is 0. The molecule has 1 rings (SSSR count). The Labute approximate surface area is 97.3 Å². The van der Waals surface area contributed by atoms with Crippen LogP contribution in [0.1, 0.15) is 19.4 Å². The van der Waals surface area contributed by atoms with Crippen LogP contribution < -0.4 is 4.74 Å². The molecule has 1 aromatic rings. The van der Waals surface area contributed by atoms with Crippen molar-refractivity contribution in [3.05, 3.63) is 29.8 Å². The summed E-state index contributed by atoms with van der Waals surface area (Å²) in [4.78, 5) is 0. The zero-order valence-electron chi connectivity index (χ0n) is 10.2.